The second kappa shape index (κ2) is 8.00. The largest absolute Gasteiger partial charge is 0.435 e. The highest BCUT2D eigenvalue weighted by Crippen LogP contribution is 2.13. The van der Waals surface area contributed by atoms with Gasteiger partial charge in [-0.15, -0.1) is 0 Å². The van der Waals surface area contributed by atoms with Crippen molar-refractivity contribution in [2.24, 2.45) is 10.8 Å². The molecule has 0 atom stereocenters. The molecule has 0 saturated carbocycles. The maximum atomic E-state index is 12.0. The highest BCUT2D eigenvalue weighted by atomic mass is 19.3. The molecule has 2 aromatic rings. The lowest BCUT2D eigenvalue weighted by molar-refractivity contribution is -0.0498. The number of carbonyl (C=O) groups is 1. The predicted molar refractivity (Wildman–Crippen MR) is 82.5 cm³/mol. The van der Waals surface area contributed by atoms with Crippen molar-refractivity contribution < 1.29 is 18.3 Å². The molecule has 0 aromatic heterocycles. The van der Waals surface area contributed by atoms with Crippen LogP contribution in [-0.4, -0.2) is 18.7 Å². The Kier molecular flexibility index (Phi) is 5.76. The van der Waals surface area contributed by atoms with Crippen molar-refractivity contribution in [3.63, 3.8) is 0 Å². The summed E-state index contributed by atoms with van der Waals surface area (Å²) in [5, 5.41) is 3.81. The van der Waals surface area contributed by atoms with E-state index in [-0.39, 0.29) is 11.7 Å². The van der Waals surface area contributed by atoms with Gasteiger partial charge in [-0.25, -0.2) is 5.43 Å². The maximum absolute atomic E-state index is 12.0. The molecule has 7 heteroatoms. The first-order chi connectivity index (χ1) is 11.1. The van der Waals surface area contributed by atoms with Gasteiger partial charge in [-0.1, -0.05) is 12.1 Å². The third-order valence-electron chi connectivity index (χ3n) is 2.94. The molecule has 0 aliphatic rings. The Morgan fingerprint density at radius 2 is 1.83 bits per heavy atom. The van der Waals surface area contributed by atoms with E-state index in [4.69, 9.17) is 5.73 Å². The van der Waals surface area contributed by atoms with Crippen LogP contribution < -0.4 is 15.9 Å². The summed E-state index contributed by atoms with van der Waals surface area (Å²) in [7, 11) is 0. The standard InChI is InChI=1S/C16H15F2N3O2/c17-16(18)23-14-7-3-12(4-8-14)10-20-21-15(22)13-5-1-11(9-19)2-6-13/h1-8,10,16H,9,19H2,(H,21,22)/b20-10-. The number of hydrazone groups is 1. The maximum Gasteiger partial charge on any atom is 0.387 e. The van der Waals surface area contributed by atoms with E-state index in [9.17, 15) is 13.6 Å². The van der Waals surface area contributed by atoms with Gasteiger partial charge in [0.15, 0.2) is 0 Å². The Balaban J connectivity index is 1.91. The van der Waals surface area contributed by atoms with E-state index >= 15 is 0 Å². The van der Waals surface area contributed by atoms with Crippen LogP contribution in [-0.2, 0) is 6.54 Å². The van der Waals surface area contributed by atoms with Crippen molar-refractivity contribution in [1.82, 2.24) is 5.43 Å². The summed E-state index contributed by atoms with van der Waals surface area (Å²) in [6.07, 6.45) is 1.40. The minimum atomic E-state index is -2.86. The van der Waals surface area contributed by atoms with Crippen LogP contribution in [0.15, 0.2) is 53.6 Å². The number of benzene rings is 2. The van der Waals surface area contributed by atoms with E-state index in [1.807, 2.05) is 0 Å². The summed E-state index contributed by atoms with van der Waals surface area (Å²) in [6.45, 7) is -2.45. The summed E-state index contributed by atoms with van der Waals surface area (Å²) in [6, 6.07) is 12.7. The third kappa shape index (κ3) is 5.15. The molecule has 23 heavy (non-hydrogen) atoms. The quantitative estimate of drug-likeness (QED) is 0.634. The van der Waals surface area contributed by atoms with Gasteiger partial charge in [0.1, 0.15) is 5.75 Å². The molecule has 1 amide bonds. The fourth-order valence-corrected chi connectivity index (χ4v) is 1.76. The summed E-state index contributed by atoms with van der Waals surface area (Å²) in [5.41, 5.74) is 9.88. The molecule has 5 nitrogen and oxygen atoms in total. The first-order valence-corrected chi connectivity index (χ1v) is 6.76. The van der Waals surface area contributed by atoms with Crippen LogP contribution in [0.3, 0.4) is 0 Å². The molecule has 0 spiro atoms. The van der Waals surface area contributed by atoms with E-state index in [1.165, 1.54) is 18.3 Å². The van der Waals surface area contributed by atoms with Gasteiger partial charge >= 0.3 is 6.61 Å². The Hall–Kier alpha value is -2.80. The second-order valence-corrected chi connectivity index (χ2v) is 4.55. The average molecular weight is 319 g/mol. The van der Waals surface area contributed by atoms with Crippen molar-refractivity contribution in [3.8, 4) is 5.75 Å². The van der Waals surface area contributed by atoms with E-state index < -0.39 is 6.61 Å². The van der Waals surface area contributed by atoms with E-state index in [0.29, 0.717) is 17.7 Å². The van der Waals surface area contributed by atoms with Gasteiger partial charge in [-0.2, -0.15) is 13.9 Å². The lowest BCUT2D eigenvalue weighted by atomic mass is 10.1. The number of nitrogens with two attached hydrogens (primary N) is 1. The average Bonchev–Trinajstić information content (AvgIpc) is 2.56. The number of amides is 1. The highest BCUT2D eigenvalue weighted by molar-refractivity contribution is 5.94. The summed E-state index contributed by atoms with van der Waals surface area (Å²) >= 11 is 0. The number of ether oxygens (including phenoxy) is 1. The molecule has 3 N–H and O–H groups in total. The first-order valence-electron chi connectivity index (χ1n) is 6.76. The van der Waals surface area contributed by atoms with Gasteiger partial charge in [0, 0.05) is 12.1 Å². The number of nitrogens with one attached hydrogen (secondary N) is 1. The lowest BCUT2D eigenvalue weighted by Gasteiger charge is -2.04. The molecule has 120 valence electrons. The number of nitrogens with zero attached hydrogens (tertiary/aromatic N) is 1. The van der Waals surface area contributed by atoms with Crippen LogP contribution in [0.25, 0.3) is 0 Å². The normalized spacial score (nSPS) is 11.0. The Labute approximate surface area is 131 Å². The van der Waals surface area contributed by atoms with Gasteiger partial charge in [0.05, 0.1) is 6.21 Å². The number of halogens is 2. The minimum Gasteiger partial charge on any atom is -0.435 e. The number of hydrogen-bond donors (Lipinski definition) is 2. The lowest BCUT2D eigenvalue weighted by Crippen LogP contribution is -2.17. The van der Waals surface area contributed by atoms with Crippen molar-refractivity contribution in [2.45, 2.75) is 13.2 Å². The van der Waals surface area contributed by atoms with Crippen LogP contribution in [0, 0.1) is 0 Å². The molecular weight excluding hydrogens is 304 g/mol. The zero-order valence-corrected chi connectivity index (χ0v) is 12.1. The molecular formula is C16H15F2N3O2. The van der Waals surface area contributed by atoms with Crippen LogP contribution >= 0.6 is 0 Å². The van der Waals surface area contributed by atoms with Crippen molar-refractivity contribution in [2.75, 3.05) is 0 Å². The first kappa shape index (κ1) is 16.6. The van der Waals surface area contributed by atoms with Gasteiger partial charge < -0.3 is 10.5 Å². The number of hydrogen-bond acceptors (Lipinski definition) is 4. The van der Waals surface area contributed by atoms with Crippen LogP contribution in [0.1, 0.15) is 21.5 Å². The molecule has 2 rings (SSSR count). The number of alkyl halides is 2. The Morgan fingerprint density at radius 3 is 2.39 bits per heavy atom. The summed E-state index contributed by atoms with van der Waals surface area (Å²) in [4.78, 5) is 11.9. The van der Waals surface area contributed by atoms with Gasteiger partial charge in [-0.05, 0) is 47.5 Å². The topological polar surface area (TPSA) is 76.7 Å². The monoisotopic (exact) mass is 319 g/mol. The number of carbonyl (C=O) groups excluding carboxylic acids is 1. The fourth-order valence-electron chi connectivity index (χ4n) is 1.76. The molecule has 0 heterocycles. The van der Waals surface area contributed by atoms with Gasteiger partial charge in [-0.3, -0.25) is 4.79 Å². The molecule has 0 bridgehead atoms. The molecule has 0 aliphatic heterocycles. The molecule has 0 saturated heterocycles. The zero-order chi connectivity index (χ0) is 16.7. The second-order valence-electron chi connectivity index (χ2n) is 4.55. The Morgan fingerprint density at radius 1 is 1.17 bits per heavy atom. The Bertz CT molecular complexity index is 671. The van der Waals surface area contributed by atoms with Gasteiger partial charge in [0.25, 0.3) is 5.91 Å². The summed E-state index contributed by atoms with van der Waals surface area (Å²) < 4.78 is 28.3. The number of rotatable bonds is 6. The molecule has 0 aliphatic carbocycles. The van der Waals surface area contributed by atoms with Crippen LogP contribution in [0.4, 0.5) is 8.78 Å². The minimum absolute atomic E-state index is 0.0566. The van der Waals surface area contributed by atoms with E-state index in [1.54, 1.807) is 36.4 Å². The molecule has 0 radical (unpaired) electrons. The van der Waals surface area contributed by atoms with Crippen molar-refractivity contribution in [3.05, 3.63) is 65.2 Å². The van der Waals surface area contributed by atoms with Crippen LogP contribution in [0.5, 0.6) is 5.75 Å². The molecule has 2 aromatic carbocycles. The smallest absolute Gasteiger partial charge is 0.387 e. The molecule has 0 fully saturated rings. The predicted octanol–water partition coefficient (Wildman–Crippen LogP) is 2.51. The third-order valence-corrected chi connectivity index (χ3v) is 2.94. The van der Waals surface area contributed by atoms with Crippen LogP contribution in [0.2, 0.25) is 0 Å². The summed E-state index contributed by atoms with van der Waals surface area (Å²) in [5.74, 6) is -0.302. The SMILES string of the molecule is NCc1ccc(C(=O)N/N=C\c2ccc(OC(F)F)cc2)cc1. The van der Waals surface area contributed by atoms with E-state index in [0.717, 1.165) is 5.56 Å². The highest BCUT2D eigenvalue weighted by Gasteiger charge is 2.04. The molecule has 0 unspecified atom stereocenters. The van der Waals surface area contributed by atoms with Gasteiger partial charge in [0.2, 0.25) is 0 Å². The van der Waals surface area contributed by atoms with E-state index in [2.05, 4.69) is 15.3 Å². The zero-order valence-electron chi connectivity index (χ0n) is 12.1. The fraction of sp³-hybridized carbons (Fsp3) is 0.125. The van der Waals surface area contributed by atoms with Crippen molar-refractivity contribution >= 4 is 12.1 Å². The van der Waals surface area contributed by atoms with Crippen molar-refractivity contribution in [1.29, 1.82) is 0 Å².